The quantitative estimate of drug-likeness (QED) is 0.550. The van der Waals surface area contributed by atoms with E-state index in [0.29, 0.717) is 17.4 Å². The highest BCUT2D eigenvalue weighted by Crippen LogP contribution is 2.23. The molecule has 3 aromatic rings. The number of nitrogens with zero attached hydrogens (tertiary/aromatic N) is 2. The monoisotopic (exact) mass is 379 g/mol. The van der Waals surface area contributed by atoms with Gasteiger partial charge in [0.15, 0.2) is 6.61 Å². The number of halogens is 1. The molecule has 0 saturated heterocycles. The van der Waals surface area contributed by atoms with Gasteiger partial charge >= 0.3 is 5.97 Å². The van der Waals surface area contributed by atoms with Gasteiger partial charge in [-0.2, -0.15) is 4.98 Å². The Morgan fingerprint density at radius 3 is 3.05 bits per heavy atom. The van der Waals surface area contributed by atoms with Crippen molar-refractivity contribution in [3.63, 3.8) is 0 Å². The second kappa shape index (κ2) is 6.29. The molecule has 0 radical (unpaired) electrons. The van der Waals surface area contributed by atoms with Gasteiger partial charge in [0.1, 0.15) is 0 Å². The molecule has 22 heavy (non-hydrogen) atoms. The van der Waals surface area contributed by atoms with Gasteiger partial charge in [0.2, 0.25) is 5.82 Å². The number of nitrogens with two attached hydrogens (primary N) is 1. The number of thiophene rings is 1. The molecule has 0 saturated carbocycles. The third kappa shape index (κ3) is 3.18. The average molecular weight is 380 g/mol. The Bertz CT molecular complexity index is 802. The van der Waals surface area contributed by atoms with E-state index in [1.54, 1.807) is 18.2 Å². The minimum atomic E-state index is -0.540. The Kier molecular flexibility index (Phi) is 4.21. The number of rotatable bonds is 4. The third-order valence-electron chi connectivity index (χ3n) is 2.77. The van der Waals surface area contributed by atoms with E-state index in [2.05, 4.69) is 26.1 Å². The van der Waals surface area contributed by atoms with E-state index in [1.165, 1.54) is 11.3 Å². The van der Waals surface area contributed by atoms with Crippen molar-refractivity contribution in [1.29, 1.82) is 0 Å². The molecule has 3 rings (SSSR count). The van der Waals surface area contributed by atoms with Gasteiger partial charge in [0.25, 0.3) is 5.89 Å². The van der Waals surface area contributed by atoms with Crippen LogP contribution in [-0.4, -0.2) is 16.1 Å². The largest absolute Gasteiger partial charge is 0.454 e. The van der Waals surface area contributed by atoms with Crippen LogP contribution in [0.4, 0.5) is 5.69 Å². The predicted molar refractivity (Wildman–Crippen MR) is 85.3 cm³/mol. The fourth-order valence-electron chi connectivity index (χ4n) is 1.73. The van der Waals surface area contributed by atoms with Crippen molar-refractivity contribution >= 4 is 38.9 Å². The first-order valence-corrected chi connectivity index (χ1v) is 7.89. The summed E-state index contributed by atoms with van der Waals surface area (Å²) in [5.41, 5.74) is 6.39. The molecule has 0 bridgehead atoms. The van der Waals surface area contributed by atoms with Crippen LogP contribution in [0.3, 0.4) is 0 Å². The summed E-state index contributed by atoms with van der Waals surface area (Å²) in [5, 5.41) is 5.69. The van der Waals surface area contributed by atoms with Crippen LogP contribution < -0.4 is 5.73 Å². The number of aromatic nitrogens is 2. The van der Waals surface area contributed by atoms with Crippen molar-refractivity contribution in [2.75, 3.05) is 5.73 Å². The van der Waals surface area contributed by atoms with E-state index in [9.17, 15) is 4.79 Å². The number of hydrogen-bond acceptors (Lipinski definition) is 7. The highest BCUT2D eigenvalue weighted by Gasteiger charge is 2.15. The van der Waals surface area contributed by atoms with Gasteiger partial charge in [-0.25, -0.2) is 4.79 Å². The van der Waals surface area contributed by atoms with Crippen LogP contribution in [0.2, 0.25) is 0 Å². The van der Waals surface area contributed by atoms with Crippen LogP contribution in [-0.2, 0) is 11.3 Å². The molecule has 0 amide bonds. The summed E-state index contributed by atoms with van der Waals surface area (Å²) in [4.78, 5) is 17.1. The number of benzene rings is 1. The molecule has 2 aromatic heterocycles. The van der Waals surface area contributed by atoms with E-state index in [4.69, 9.17) is 15.0 Å². The lowest BCUT2D eigenvalue weighted by atomic mass is 10.2. The lowest BCUT2D eigenvalue weighted by Crippen LogP contribution is -2.09. The third-order valence-corrected chi connectivity index (χ3v) is 4.12. The van der Waals surface area contributed by atoms with Crippen LogP contribution in [0.15, 0.2) is 44.7 Å². The van der Waals surface area contributed by atoms with Gasteiger partial charge in [-0.05, 0) is 29.6 Å². The Morgan fingerprint density at radius 2 is 2.27 bits per heavy atom. The van der Waals surface area contributed by atoms with Crippen molar-refractivity contribution in [3.05, 3.63) is 51.6 Å². The van der Waals surface area contributed by atoms with E-state index in [0.717, 1.165) is 9.35 Å². The molecule has 0 aliphatic carbocycles. The lowest BCUT2D eigenvalue weighted by Gasteiger charge is -2.05. The fourth-order valence-corrected chi connectivity index (χ4v) is 2.73. The minimum Gasteiger partial charge on any atom is -0.454 e. The molecule has 0 aliphatic heterocycles. The minimum absolute atomic E-state index is 0.0837. The lowest BCUT2D eigenvalue weighted by molar-refractivity contribution is 0.0461. The summed E-state index contributed by atoms with van der Waals surface area (Å²) in [6.07, 6.45) is 0. The molecule has 0 fully saturated rings. The molecule has 2 N–H and O–H groups in total. The predicted octanol–water partition coefficient (Wildman–Crippen LogP) is 3.50. The van der Waals surface area contributed by atoms with Gasteiger partial charge in [0, 0.05) is 10.2 Å². The maximum absolute atomic E-state index is 12.0. The van der Waals surface area contributed by atoms with Crippen LogP contribution in [0.5, 0.6) is 0 Å². The maximum atomic E-state index is 12.0. The molecular formula is C14H10BrN3O3S. The van der Waals surface area contributed by atoms with Gasteiger partial charge in [-0.3, -0.25) is 0 Å². The number of carbonyl (C=O) groups is 1. The zero-order valence-electron chi connectivity index (χ0n) is 11.2. The van der Waals surface area contributed by atoms with Crippen molar-refractivity contribution in [2.45, 2.75) is 6.61 Å². The molecule has 8 heteroatoms. The first-order chi connectivity index (χ1) is 10.6. The van der Waals surface area contributed by atoms with Crippen molar-refractivity contribution in [1.82, 2.24) is 10.1 Å². The van der Waals surface area contributed by atoms with E-state index < -0.39 is 5.97 Å². The average Bonchev–Trinajstić information content (AvgIpc) is 3.17. The molecule has 1 aromatic carbocycles. The van der Waals surface area contributed by atoms with Crippen LogP contribution in [0.25, 0.3) is 10.8 Å². The first kappa shape index (κ1) is 14.7. The second-order valence-electron chi connectivity index (χ2n) is 4.30. The number of hydrogen-bond donors (Lipinski definition) is 1. The normalized spacial score (nSPS) is 10.6. The number of ether oxygens (including phenoxy) is 1. The van der Waals surface area contributed by atoms with Gasteiger partial charge in [-0.15, -0.1) is 11.3 Å². The zero-order chi connectivity index (χ0) is 15.5. The highest BCUT2D eigenvalue weighted by molar-refractivity contribution is 9.10. The summed E-state index contributed by atoms with van der Waals surface area (Å²) >= 11 is 4.77. The Hall–Kier alpha value is -2.19. The summed E-state index contributed by atoms with van der Waals surface area (Å²) in [6, 6.07) is 8.74. The van der Waals surface area contributed by atoms with E-state index in [-0.39, 0.29) is 12.2 Å². The summed E-state index contributed by atoms with van der Waals surface area (Å²) < 4.78 is 11.0. The summed E-state index contributed by atoms with van der Waals surface area (Å²) in [5.74, 6) is 0.162. The molecule has 0 spiro atoms. The molecule has 0 aliphatic rings. The summed E-state index contributed by atoms with van der Waals surface area (Å²) in [7, 11) is 0. The standard InChI is InChI=1S/C14H10BrN3O3S/c15-8-3-4-10(16)9(6-8)14(19)20-7-12-17-13(21-18-12)11-2-1-5-22-11/h1-6H,7,16H2. The Balaban J connectivity index is 1.67. The summed E-state index contributed by atoms with van der Waals surface area (Å²) in [6.45, 7) is -0.0837. The van der Waals surface area contributed by atoms with Gasteiger partial charge in [-0.1, -0.05) is 27.2 Å². The van der Waals surface area contributed by atoms with Gasteiger partial charge in [0.05, 0.1) is 10.4 Å². The number of anilines is 1. The van der Waals surface area contributed by atoms with Crippen molar-refractivity contribution in [2.24, 2.45) is 0 Å². The van der Waals surface area contributed by atoms with Crippen LogP contribution >= 0.6 is 27.3 Å². The van der Waals surface area contributed by atoms with E-state index in [1.807, 2.05) is 17.5 Å². The first-order valence-electron chi connectivity index (χ1n) is 6.22. The van der Waals surface area contributed by atoms with Crippen molar-refractivity contribution < 1.29 is 14.1 Å². The number of esters is 1. The topological polar surface area (TPSA) is 91.2 Å². The van der Waals surface area contributed by atoms with Crippen LogP contribution in [0, 0.1) is 0 Å². The zero-order valence-corrected chi connectivity index (χ0v) is 13.6. The van der Waals surface area contributed by atoms with Gasteiger partial charge < -0.3 is 15.0 Å². The molecule has 112 valence electrons. The highest BCUT2D eigenvalue weighted by atomic mass is 79.9. The molecular weight excluding hydrogens is 370 g/mol. The number of nitrogen functional groups attached to an aromatic ring is 1. The maximum Gasteiger partial charge on any atom is 0.340 e. The SMILES string of the molecule is Nc1ccc(Br)cc1C(=O)OCc1noc(-c2cccs2)n1. The van der Waals surface area contributed by atoms with Crippen molar-refractivity contribution in [3.8, 4) is 10.8 Å². The van der Waals surface area contributed by atoms with Crippen LogP contribution in [0.1, 0.15) is 16.2 Å². The Labute approximate surface area is 138 Å². The molecule has 0 atom stereocenters. The Morgan fingerprint density at radius 1 is 1.41 bits per heavy atom. The molecule has 6 nitrogen and oxygen atoms in total. The fraction of sp³-hybridized carbons (Fsp3) is 0.0714. The van der Waals surface area contributed by atoms with E-state index >= 15 is 0 Å². The second-order valence-corrected chi connectivity index (χ2v) is 6.16. The molecule has 0 unspecified atom stereocenters. The smallest absolute Gasteiger partial charge is 0.340 e. The molecule has 2 heterocycles. The number of carbonyl (C=O) groups excluding carboxylic acids is 1.